The van der Waals surface area contributed by atoms with E-state index in [1.54, 1.807) is 0 Å². The molecule has 0 bridgehead atoms. The molecule has 46 heavy (non-hydrogen) atoms. The molecule has 240 valence electrons. The van der Waals surface area contributed by atoms with Crippen LogP contribution in [0.4, 0.5) is 22.7 Å². The molecule has 5 rings (SSSR count). The highest BCUT2D eigenvalue weighted by Gasteiger charge is 2.26. The lowest BCUT2D eigenvalue weighted by molar-refractivity contribution is -0.697. The van der Waals surface area contributed by atoms with Gasteiger partial charge in [0.1, 0.15) is 13.6 Å². The van der Waals surface area contributed by atoms with Crippen LogP contribution in [0.5, 0.6) is 0 Å². The second-order valence-electron chi connectivity index (χ2n) is 12.1. The van der Waals surface area contributed by atoms with Gasteiger partial charge >= 0.3 is 11.9 Å². The molecular weight excluding hydrogens is 576 g/mol. The van der Waals surface area contributed by atoms with Crippen molar-refractivity contribution in [1.82, 2.24) is 0 Å². The Balaban J connectivity index is 1.02. The fourth-order valence-corrected chi connectivity index (χ4v) is 5.99. The summed E-state index contributed by atoms with van der Waals surface area (Å²) in [6, 6.07) is 23.5. The summed E-state index contributed by atoms with van der Waals surface area (Å²) in [6.45, 7) is 2.13. The number of hydrogen-bond acceptors (Lipinski definition) is 5. The summed E-state index contributed by atoms with van der Waals surface area (Å²) in [7, 11) is 4.11. The highest BCUT2D eigenvalue weighted by Crippen LogP contribution is 2.47. The molecule has 0 radical (unpaired) electrons. The summed E-state index contributed by atoms with van der Waals surface area (Å²) in [5.74, 6) is -0.864. The number of hydrogen-bond donors (Lipinski definition) is 1. The van der Waals surface area contributed by atoms with Gasteiger partial charge in [0.2, 0.25) is 0 Å². The summed E-state index contributed by atoms with van der Waals surface area (Å²) >= 11 is 0. The van der Waals surface area contributed by atoms with Crippen molar-refractivity contribution in [2.75, 3.05) is 30.0 Å². The molecule has 2 aromatic heterocycles. The first-order valence-electron chi connectivity index (χ1n) is 16.4. The zero-order valence-electron chi connectivity index (χ0n) is 27.1. The normalized spacial score (nSPS) is 12.0. The molecule has 0 aliphatic carbocycles. The standard InChI is InChI=1S/C38H45N4O4/c1-39-24-18-31(19-25-39)32-20-26-41(27-21-32)22-9-10-28-46-38(45)15-6-3-11-30-16-17-35-36(29-30)40(2)33-12-4-5-13-34(33)42(35)23-8-7-14-37(43)44/h4-5,12-13,16-21,24-27,29H,3,6-11,14-15,22-23,28H2,1-2H3/q+1/p+1. The smallest absolute Gasteiger partial charge is 0.305 e. The molecule has 0 fully saturated rings. The van der Waals surface area contributed by atoms with E-state index in [9.17, 15) is 9.59 Å². The molecule has 1 aliphatic rings. The summed E-state index contributed by atoms with van der Waals surface area (Å²) in [5, 5.41) is 9.03. The highest BCUT2D eigenvalue weighted by molar-refractivity contribution is 5.93. The maximum Gasteiger partial charge on any atom is 0.305 e. The van der Waals surface area contributed by atoms with Gasteiger partial charge in [-0.2, -0.15) is 0 Å². The number of carboxylic acid groups (broad SMARTS) is 1. The van der Waals surface area contributed by atoms with E-state index in [0.717, 1.165) is 74.4 Å². The summed E-state index contributed by atoms with van der Waals surface area (Å²) < 4.78 is 9.71. The fraction of sp³-hybridized carbons (Fsp3) is 0.368. The predicted octanol–water partition coefficient (Wildman–Crippen LogP) is 6.68. The topological polar surface area (TPSA) is 77.8 Å². The van der Waals surface area contributed by atoms with Gasteiger partial charge in [-0.3, -0.25) is 9.59 Å². The number of carbonyl (C=O) groups excluding carboxylic acids is 1. The Morgan fingerprint density at radius 2 is 1.41 bits per heavy atom. The van der Waals surface area contributed by atoms with Crippen molar-refractivity contribution in [2.24, 2.45) is 7.05 Å². The van der Waals surface area contributed by atoms with E-state index in [4.69, 9.17) is 9.84 Å². The number of ether oxygens (including phenoxy) is 1. The second-order valence-corrected chi connectivity index (χ2v) is 12.1. The minimum atomic E-state index is -0.747. The minimum Gasteiger partial charge on any atom is -0.481 e. The second kappa shape index (κ2) is 16.0. The molecule has 2 aromatic carbocycles. The van der Waals surface area contributed by atoms with Crippen molar-refractivity contribution >= 4 is 34.7 Å². The number of aromatic nitrogens is 2. The van der Waals surface area contributed by atoms with Crippen LogP contribution in [0.25, 0.3) is 11.1 Å². The number of benzene rings is 2. The Bertz CT molecular complexity index is 1600. The third kappa shape index (κ3) is 8.71. The lowest BCUT2D eigenvalue weighted by Crippen LogP contribution is -2.32. The Kier molecular flexibility index (Phi) is 11.4. The third-order valence-corrected chi connectivity index (χ3v) is 8.62. The number of carbonyl (C=O) groups is 2. The van der Waals surface area contributed by atoms with Gasteiger partial charge in [-0.05, 0) is 79.5 Å². The molecule has 1 aliphatic heterocycles. The molecule has 0 spiro atoms. The number of aryl methyl sites for hydroxylation is 3. The van der Waals surface area contributed by atoms with Crippen molar-refractivity contribution in [3.05, 3.63) is 97.1 Å². The summed E-state index contributed by atoms with van der Waals surface area (Å²) in [6.07, 6.45) is 14.8. The van der Waals surface area contributed by atoms with Crippen molar-refractivity contribution < 1.29 is 28.6 Å². The molecule has 0 saturated heterocycles. The number of pyridine rings is 2. The van der Waals surface area contributed by atoms with Crippen LogP contribution >= 0.6 is 0 Å². The van der Waals surface area contributed by atoms with Crippen molar-refractivity contribution in [1.29, 1.82) is 0 Å². The number of rotatable bonds is 16. The number of carboxylic acids is 1. The zero-order valence-corrected chi connectivity index (χ0v) is 27.1. The number of aliphatic carboxylic acids is 1. The molecule has 8 nitrogen and oxygen atoms in total. The molecular formula is C38H46N4O4+2. The van der Waals surface area contributed by atoms with E-state index in [2.05, 4.69) is 107 Å². The van der Waals surface area contributed by atoms with Crippen LogP contribution in [0.1, 0.15) is 56.9 Å². The predicted molar refractivity (Wildman–Crippen MR) is 180 cm³/mol. The average Bonchev–Trinajstić information content (AvgIpc) is 3.07. The molecule has 0 amide bonds. The maximum atomic E-state index is 12.3. The van der Waals surface area contributed by atoms with Gasteiger partial charge < -0.3 is 19.6 Å². The number of nitrogens with zero attached hydrogens (tertiary/aromatic N) is 4. The Hall–Kier alpha value is -4.72. The van der Waals surface area contributed by atoms with Crippen LogP contribution < -0.4 is 18.9 Å². The zero-order chi connectivity index (χ0) is 32.3. The molecule has 0 atom stereocenters. The van der Waals surface area contributed by atoms with Crippen molar-refractivity contribution in [2.45, 2.75) is 64.3 Å². The van der Waals surface area contributed by atoms with E-state index >= 15 is 0 Å². The van der Waals surface area contributed by atoms with Crippen LogP contribution in [-0.2, 0) is 34.3 Å². The largest absolute Gasteiger partial charge is 0.481 e. The first-order valence-corrected chi connectivity index (χ1v) is 16.4. The van der Waals surface area contributed by atoms with Crippen LogP contribution in [0, 0.1) is 0 Å². The summed E-state index contributed by atoms with van der Waals surface area (Å²) in [5.41, 5.74) is 8.21. The van der Waals surface area contributed by atoms with E-state index in [-0.39, 0.29) is 12.4 Å². The maximum absolute atomic E-state index is 12.3. The van der Waals surface area contributed by atoms with Gasteiger partial charge in [-0.1, -0.05) is 18.2 Å². The molecule has 4 aromatic rings. The number of anilines is 4. The first-order chi connectivity index (χ1) is 22.4. The molecule has 1 N–H and O–H groups in total. The number of esters is 1. The average molecular weight is 623 g/mol. The van der Waals surface area contributed by atoms with E-state index in [1.165, 1.54) is 16.7 Å². The highest BCUT2D eigenvalue weighted by atomic mass is 16.5. The van der Waals surface area contributed by atoms with Crippen LogP contribution in [0.2, 0.25) is 0 Å². The van der Waals surface area contributed by atoms with Gasteiger partial charge in [0.05, 0.1) is 29.4 Å². The van der Waals surface area contributed by atoms with Crippen LogP contribution in [0.3, 0.4) is 0 Å². The Morgan fingerprint density at radius 3 is 2.15 bits per heavy atom. The lowest BCUT2D eigenvalue weighted by atomic mass is 10.0. The quantitative estimate of drug-likeness (QED) is 0.0854. The van der Waals surface area contributed by atoms with E-state index < -0.39 is 5.97 Å². The SMILES string of the molecule is CN1c2ccccc2N(CCCCC(=O)O)c2ccc(CCCCC(=O)OCCCC[n+]3ccc(-c4cc[n+](C)cc4)cc3)cc21. The molecule has 3 heterocycles. The van der Waals surface area contributed by atoms with Gasteiger partial charge in [0.15, 0.2) is 24.8 Å². The Morgan fingerprint density at radius 1 is 0.739 bits per heavy atom. The van der Waals surface area contributed by atoms with Gasteiger partial charge in [0.25, 0.3) is 0 Å². The monoisotopic (exact) mass is 622 g/mol. The summed E-state index contributed by atoms with van der Waals surface area (Å²) in [4.78, 5) is 27.9. The number of para-hydroxylation sites is 2. The van der Waals surface area contributed by atoms with E-state index in [1.807, 2.05) is 17.7 Å². The molecule has 0 saturated carbocycles. The van der Waals surface area contributed by atoms with Crippen molar-refractivity contribution in [3.8, 4) is 11.1 Å². The molecule has 8 heteroatoms. The van der Waals surface area contributed by atoms with E-state index in [0.29, 0.717) is 19.4 Å². The van der Waals surface area contributed by atoms with Crippen molar-refractivity contribution in [3.63, 3.8) is 0 Å². The lowest BCUT2D eigenvalue weighted by Gasteiger charge is -2.39. The van der Waals surface area contributed by atoms with Gasteiger partial charge in [-0.25, -0.2) is 9.13 Å². The molecule has 0 unspecified atom stereocenters. The van der Waals surface area contributed by atoms with Crippen LogP contribution in [-0.4, -0.2) is 37.2 Å². The minimum absolute atomic E-state index is 0.117. The first kappa shape index (κ1) is 32.7. The Labute approximate surface area is 272 Å². The third-order valence-electron chi connectivity index (χ3n) is 8.62. The van der Waals surface area contributed by atoms with Gasteiger partial charge in [-0.15, -0.1) is 0 Å². The number of unbranched alkanes of at least 4 members (excludes halogenated alkanes) is 3. The number of fused-ring (bicyclic) bond motifs is 2. The fourth-order valence-electron chi connectivity index (χ4n) is 5.99. The van der Waals surface area contributed by atoms with Gasteiger partial charge in [0, 0.05) is 57.1 Å². The van der Waals surface area contributed by atoms with Crippen LogP contribution in [0.15, 0.2) is 91.5 Å².